The van der Waals surface area contributed by atoms with Crippen molar-refractivity contribution in [3.8, 4) is 0 Å². The third-order valence-corrected chi connectivity index (χ3v) is 6.14. The molecule has 1 atom stereocenters. The number of halogens is 2. The molecule has 0 saturated heterocycles. The van der Waals surface area contributed by atoms with Gasteiger partial charge in [-0.2, -0.15) is 0 Å². The van der Waals surface area contributed by atoms with Crippen LogP contribution in [0.25, 0.3) is 0 Å². The average molecular weight is 257 g/mol. The van der Waals surface area contributed by atoms with E-state index in [2.05, 4.69) is 0 Å². The molecule has 0 spiro atoms. The Balaban J connectivity index is 2.86. The molecule has 5 heteroatoms. The fraction of sp³-hybridized carbons (Fsp3) is 0.778. The van der Waals surface area contributed by atoms with Gasteiger partial charge in [-0.05, 0) is 33.1 Å². The van der Waals surface area contributed by atoms with Crippen LogP contribution in [-0.4, -0.2) is 17.8 Å². The van der Waals surface area contributed by atoms with Crippen LogP contribution in [0.3, 0.4) is 0 Å². The molecule has 1 unspecified atom stereocenters. The van der Waals surface area contributed by atoms with Gasteiger partial charge in [0.25, 0.3) is 0 Å². The first-order valence-electron chi connectivity index (χ1n) is 4.51. The molecule has 0 radical (unpaired) electrons. The monoisotopic (exact) mass is 256 g/mol. The van der Waals surface area contributed by atoms with E-state index in [0.717, 1.165) is 12.0 Å². The summed E-state index contributed by atoms with van der Waals surface area (Å²) >= 11 is 10.9. The van der Waals surface area contributed by atoms with Gasteiger partial charge in [0.2, 0.25) is 4.17 Å². The molecule has 0 N–H and O–H groups in total. The summed E-state index contributed by atoms with van der Waals surface area (Å²) in [5, 5.41) is -0.397. The molecule has 14 heavy (non-hydrogen) atoms. The van der Waals surface area contributed by atoms with Crippen molar-refractivity contribution in [2.24, 2.45) is 0 Å². The van der Waals surface area contributed by atoms with Crippen LogP contribution in [0.5, 0.6) is 0 Å². The van der Waals surface area contributed by atoms with Crippen molar-refractivity contribution < 1.29 is 8.42 Å². The Morgan fingerprint density at radius 1 is 1.29 bits per heavy atom. The van der Waals surface area contributed by atoms with E-state index in [-0.39, 0.29) is 0 Å². The Kier molecular flexibility index (Phi) is 3.89. The highest BCUT2D eigenvalue weighted by atomic mass is 35.5. The molecular weight excluding hydrogens is 243 g/mol. The number of alkyl halides is 2. The minimum Gasteiger partial charge on any atom is -0.226 e. The van der Waals surface area contributed by atoms with Gasteiger partial charge >= 0.3 is 0 Å². The van der Waals surface area contributed by atoms with Crippen LogP contribution in [0, 0.1) is 0 Å². The highest BCUT2D eigenvalue weighted by Gasteiger charge is 2.33. The standard InChI is InChI=1S/C9H14Cl2O2S/c1-6-3-4-8(5-7(6)2)14(12,13)9(10)11/h8-9H,3-5H2,1-2H3. The van der Waals surface area contributed by atoms with Gasteiger partial charge in [0.1, 0.15) is 0 Å². The lowest BCUT2D eigenvalue weighted by Gasteiger charge is -2.24. The summed E-state index contributed by atoms with van der Waals surface area (Å²) in [7, 11) is -3.36. The predicted molar refractivity (Wildman–Crippen MR) is 60.4 cm³/mol. The summed E-state index contributed by atoms with van der Waals surface area (Å²) in [6.45, 7) is 4.01. The van der Waals surface area contributed by atoms with E-state index < -0.39 is 19.3 Å². The van der Waals surface area contributed by atoms with E-state index in [1.54, 1.807) is 0 Å². The number of rotatable bonds is 2. The summed E-state index contributed by atoms with van der Waals surface area (Å²) in [5.41, 5.74) is 2.44. The topological polar surface area (TPSA) is 34.1 Å². The van der Waals surface area contributed by atoms with Crippen LogP contribution in [-0.2, 0) is 9.84 Å². The summed E-state index contributed by atoms with van der Waals surface area (Å²) < 4.78 is 22.0. The van der Waals surface area contributed by atoms with Gasteiger partial charge < -0.3 is 0 Å². The zero-order valence-corrected chi connectivity index (χ0v) is 10.6. The largest absolute Gasteiger partial charge is 0.226 e. The molecule has 0 amide bonds. The van der Waals surface area contributed by atoms with Crippen molar-refractivity contribution in [2.75, 3.05) is 0 Å². The molecule has 2 nitrogen and oxygen atoms in total. The third kappa shape index (κ3) is 2.44. The van der Waals surface area contributed by atoms with E-state index in [1.807, 2.05) is 13.8 Å². The molecule has 0 fully saturated rings. The number of allylic oxidation sites excluding steroid dienone is 2. The molecule has 1 rings (SSSR count). The molecule has 82 valence electrons. The number of hydrogen-bond donors (Lipinski definition) is 0. The third-order valence-electron chi connectivity index (χ3n) is 2.82. The van der Waals surface area contributed by atoms with Gasteiger partial charge in [0, 0.05) is 0 Å². The molecule has 0 aliphatic heterocycles. The Hall–Kier alpha value is 0.270. The van der Waals surface area contributed by atoms with Crippen LogP contribution in [0.2, 0.25) is 0 Å². The first-order valence-corrected chi connectivity index (χ1v) is 7.00. The summed E-state index contributed by atoms with van der Waals surface area (Å²) in [5.74, 6) is 0. The van der Waals surface area contributed by atoms with Gasteiger partial charge in [-0.1, -0.05) is 34.3 Å². The van der Waals surface area contributed by atoms with E-state index >= 15 is 0 Å². The SMILES string of the molecule is CC1=C(C)CC(S(=O)(=O)C(Cl)Cl)CC1. The maximum absolute atomic E-state index is 11.7. The molecule has 0 bridgehead atoms. The van der Waals surface area contributed by atoms with Crippen molar-refractivity contribution in [1.82, 2.24) is 0 Å². The second kappa shape index (κ2) is 4.42. The van der Waals surface area contributed by atoms with Crippen LogP contribution in [0.1, 0.15) is 33.1 Å². The number of sulfone groups is 1. The first-order chi connectivity index (χ1) is 6.35. The second-order valence-electron chi connectivity index (χ2n) is 3.78. The maximum atomic E-state index is 11.7. The summed E-state index contributed by atoms with van der Waals surface area (Å²) in [4.78, 5) is 0. The molecule has 1 aliphatic carbocycles. The molecule has 0 aromatic rings. The Morgan fingerprint density at radius 3 is 2.29 bits per heavy atom. The summed E-state index contributed by atoms with van der Waals surface area (Å²) in [6, 6.07) is 0. The Labute approximate surface area is 95.2 Å². The Bertz CT molecular complexity index is 344. The van der Waals surface area contributed by atoms with Crippen molar-refractivity contribution in [1.29, 1.82) is 0 Å². The van der Waals surface area contributed by atoms with Crippen molar-refractivity contribution in [3.05, 3.63) is 11.1 Å². The fourth-order valence-corrected chi connectivity index (χ4v) is 3.73. The van der Waals surface area contributed by atoms with Gasteiger partial charge in [-0.15, -0.1) is 0 Å². The van der Waals surface area contributed by atoms with Gasteiger partial charge in [-0.25, -0.2) is 8.42 Å². The predicted octanol–water partition coefficient (Wildman–Crippen LogP) is 3.05. The minimum atomic E-state index is -3.36. The van der Waals surface area contributed by atoms with Crippen molar-refractivity contribution >= 4 is 33.0 Å². The lowest BCUT2D eigenvalue weighted by molar-refractivity contribution is 0.562. The van der Waals surface area contributed by atoms with E-state index in [4.69, 9.17) is 23.2 Å². The molecular formula is C9H14Cl2O2S. The van der Waals surface area contributed by atoms with E-state index in [9.17, 15) is 8.42 Å². The lowest BCUT2D eigenvalue weighted by Crippen LogP contribution is -2.28. The average Bonchev–Trinajstić information content (AvgIpc) is 2.09. The quantitative estimate of drug-likeness (QED) is 0.562. The normalized spacial score (nSPS) is 24.5. The van der Waals surface area contributed by atoms with Crippen molar-refractivity contribution in [3.63, 3.8) is 0 Å². The van der Waals surface area contributed by atoms with Crippen LogP contribution < -0.4 is 0 Å². The first kappa shape index (κ1) is 12.3. The second-order valence-corrected chi connectivity index (χ2v) is 7.71. The van der Waals surface area contributed by atoms with Crippen LogP contribution in [0.4, 0.5) is 0 Å². The van der Waals surface area contributed by atoms with Crippen LogP contribution in [0.15, 0.2) is 11.1 Å². The zero-order valence-electron chi connectivity index (χ0n) is 8.26. The summed E-state index contributed by atoms with van der Waals surface area (Å²) in [6.07, 6.45) is 2.04. The molecule has 0 saturated carbocycles. The van der Waals surface area contributed by atoms with Crippen LogP contribution >= 0.6 is 23.2 Å². The minimum absolute atomic E-state index is 0.397. The Morgan fingerprint density at radius 2 is 1.86 bits per heavy atom. The van der Waals surface area contributed by atoms with E-state index in [0.29, 0.717) is 12.8 Å². The molecule has 0 heterocycles. The number of hydrogen-bond acceptors (Lipinski definition) is 2. The molecule has 0 aromatic heterocycles. The van der Waals surface area contributed by atoms with Crippen molar-refractivity contribution in [2.45, 2.75) is 42.5 Å². The highest BCUT2D eigenvalue weighted by molar-refractivity contribution is 7.95. The molecule has 1 aliphatic rings. The molecule has 0 aromatic carbocycles. The fourth-order valence-electron chi connectivity index (χ4n) is 1.63. The zero-order chi connectivity index (χ0) is 10.9. The highest BCUT2D eigenvalue weighted by Crippen LogP contribution is 2.32. The maximum Gasteiger partial charge on any atom is 0.208 e. The van der Waals surface area contributed by atoms with E-state index in [1.165, 1.54) is 5.57 Å². The van der Waals surface area contributed by atoms with Gasteiger partial charge in [0.05, 0.1) is 5.25 Å². The van der Waals surface area contributed by atoms with Gasteiger partial charge in [0.15, 0.2) is 9.84 Å². The smallest absolute Gasteiger partial charge is 0.208 e. The lowest BCUT2D eigenvalue weighted by atomic mass is 9.94. The van der Waals surface area contributed by atoms with Gasteiger partial charge in [-0.3, -0.25) is 0 Å².